The van der Waals surface area contributed by atoms with Crippen LogP contribution in [0.4, 0.5) is 0 Å². The SMILES string of the molecule is CCOC(=O)C(C)(C)C1(O)CC(C)N(C2CC2)C1. The standard InChI is InChI=1S/C14H25NO3/c1-5-18-12(16)13(3,4)14(17)8-10(2)15(9-14)11-6-7-11/h10-11,17H,5-9H2,1-4H3. The lowest BCUT2D eigenvalue weighted by Gasteiger charge is -2.37. The maximum atomic E-state index is 12.1. The number of β-amino-alcohol motifs (C(OH)–C–C–N with tert-alkyl or cyclic N) is 1. The molecule has 0 bridgehead atoms. The molecule has 0 amide bonds. The van der Waals surface area contributed by atoms with Gasteiger partial charge in [0.2, 0.25) is 0 Å². The molecule has 1 heterocycles. The predicted molar refractivity (Wildman–Crippen MR) is 69.2 cm³/mol. The summed E-state index contributed by atoms with van der Waals surface area (Å²) in [6.07, 6.45) is 3.09. The third-order valence-corrected chi connectivity index (χ3v) is 4.61. The summed E-state index contributed by atoms with van der Waals surface area (Å²) in [5.74, 6) is -0.294. The van der Waals surface area contributed by atoms with E-state index in [9.17, 15) is 9.90 Å². The first kappa shape index (κ1) is 13.8. The molecule has 0 aromatic heterocycles. The predicted octanol–water partition coefficient (Wildman–Crippen LogP) is 1.56. The van der Waals surface area contributed by atoms with Gasteiger partial charge in [-0.3, -0.25) is 9.69 Å². The van der Waals surface area contributed by atoms with Crippen LogP contribution in [-0.4, -0.2) is 46.8 Å². The Kier molecular flexibility index (Phi) is 3.45. The van der Waals surface area contributed by atoms with Crippen molar-refractivity contribution in [1.29, 1.82) is 0 Å². The molecule has 1 aliphatic heterocycles. The van der Waals surface area contributed by atoms with E-state index in [0.717, 1.165) is 0 Å². The van der Waals surface area contributed by atoms with Crippen LogP contribution in [0, 0.1) is 5.41 Å². The summed E-state index contributed by atoms with van der Waals surface area (Å²) < 4.78 is 5.11. The first-order valence-electron chi connectivity index (χ1n) is 6.97. The molecule has 0 radical (unpaired) electrons. The first-order chi connectivity index (χ1) is 8.32. The van der Waals surface area contributed by atoms with E-state index >= 15 is 0 Å². The maximum Gasteiger partial charge on any atom is 0.314 e. The number of esters is 1. The van der Waals surface area contributed by atoms with E-state index in [0.29, 0.717) is 31.7 Å². The molecule has 18 heavy (non-hydrogen) atoms. The number of likely N-dealkylation sites (tertiary alicyclic amines) is 1. The Labute approximate surface area is 109 Å². The lowest BCUT2D eigenvalue weighted by Crippen LogP contribution is -2.52. The van der Waals surface area contributed by atoms with E-state index in [1.807, 2.05) is 0 Å². The molecule has 2 atom stereocenters. The molecule has 104 valence electrons. The van der Waals surface area contributed by atoms with E-state index < -0.39 is 11.0 Å². The number of nitrogens with zero attached hydrogens (tertiary/aromatic N) is 1. The van der Waals surface area contributed by atoms with Crippen molar-refractivity contribution in [3.05, 3.63) is 0 Å². The molecule has 2 rings (SSSR count). The zero-order chi connectivity index (χ0) is 13.6. The second kappa shape index (κ2) is 4.49. The third-order valence-electron chi connectivity index (χ3n) is 4.61. The Morgan fingerprint density at radius 3 is 2.61 bits per heavy atom. The zero-order valence-electron chi connectivity index (χ0n) is 11.9. The van der Waals surface area contributed by atoms with Gasteiger partial charge in [-0.05, 0) is 47.0 Å². The molecule has 1 saturated heterocycles. The van der Waals surface area contributed by atoms with E-state index in [1.165, 1.54) is 12.8 Å². The monoisotopic (exact) mass is 255 g/mol. The number of hydrogen-bond donors (Lipinski definition) is 1. The van der Waals surface area contributed by atoms with Crippen LogP contribution in [0.15, 0.2) is 0 Å². The van der Waals surface area contributed by atoms with Crippen molar-refractivity contribution in [2.24, 2.45) is 5.41 Å². The molecular weight excluding hydrogens is 230 g/mol. The van der Waals surface area contributed by atoms with E-state index in [-0.39, 0.29) is 5.97 Å². The van der Waals surface area contributed by atoms with Crippen LogP contribution in [0.25, 0.3) is 0 Å². The number of carbonyl (C=O) groups excluding carboxylic acids is 1. The smallest absolute Gasteiger partial charge is 0.314 e. The van der Waals surface area contributed by atoms with Gasteiger partial charge in [0, 0.05) is 18.6 Å². The Bertz CT molecular complexity index is 338. The highest BCUT2D eigenvalue weighted by Crippen LogP contribution is 2.45. The quantitative estimate of drug-likeness (QED) is 0.775. The number of hydrogen-bond acceptors (Lipinski definition) is 4. The van der Waals surface area contributed by atoms with E-state index in [1.54, 1.807) is 20.8 Å². The minimum atomic E-state index is -0.971. The molecule has 2 unspecified atom stereocenters. The summed E-state index contributed by atoms with van der Waals surface area (Å²) in [5.41, 5.74) is -1.82. The molecule has 4 heteroatoms. The van der Waals surface area contributed by atoms with Gasteiger partial charge in [-0.25, -0.2) is 0 Å². The maximum absolute atomic E-state index is 12.1. The fraction of sp³-hybridized carbons (Fsp3) is 0.929. The van der Waals surface area contributed by atoms with Gasteiger partial charge < -0.3 is 9.84 Å². The highest BCUT2D eigenvalue weighted by Gasteiger charge is 2.57. The first-order valence-corrected chi connectivity index (χ1v) is 6.97. The summed E-state index contributed by atoms with van der Waals surface area (Å²) in [7, 11) is 0. The molecule has 0 spiro atoms. The van der Waals surface area contributed by atoms with Crippen LogP contribution < -0.4 is 0 Å². The van der Waals surface area contributed by atoms with Gasteiger partial charge in [-0.15, -0.1) is 0 Å². The van der Waals surface area contributed by atoms with Crippen LogP contribution in [0.1, 0.15) is 47.0 Å². The summed E-state index contributed by atoms with van der Waals surface area (Å²) in [4.78, 5) is 14.4. The average molecular weight is 255 g/mol. The second-order valence-corrected chi connectivity index (χ2v) is 6.33. The van der Waals surface area contributed by atoms with Gasteiger partial charge in [-0.1, -0.05) is 0 Å². The molecule has 4 nitrogen and oxygen atoms in total. The Balaban J connectivity index is 2.13. The van der Waals surface area contributed by atoms with E-state index in [4.69, 9.17) is 4.74 Å². The minimum Gasteiger partial charge on any atom is -0.465 e. The number of carbonyl (C=O) groups is 1. The minimum absolute atomic E-state index is 0.294. The molecule has 2 fully saturated rings. The molecule has 0 aromatic rings. The third kappa shape index (κ3) is 2.16. The molecule has 0 aromatic carbocycles. The van der Waals surface area contributed by atoms with Crippen molar-refractivity contribution >= 4 is 5.97 Å². The van der Waals surface area contributed by atoms with Crippen LogP contribution in [-0.2, 0) is 9.53 Å². The Hall–Kier alpha value is -0.610. The van der Waals surface area contributed by atoms with Crippen molar-refractivity contribution < 1.29 is 14.6 Å². The van der Waals surface area contributed by atoms with Crippen LogP contribution >= 0.6 is 0 Å². The fourth-order valence-electron chi connectivity index (χ4n) is 2.98. The van der Waals surface area contributed by atoms with Crippen LogP contribution in [0.3, 0.4) is 0 Å². The van der Waals surface area contributed by atoms with Gasteiger partial charge in [0.1, 0.15) is 0 Å². The average Bonchev–Trinajstić information content (AvgIpc) is 3.05. The summed E-state index contributed by atoms with van der Waals surface area (Å²) >= 11 is 0. The van der Waals surface area contributed by atoms with Gasteiger partial charge >= 0.3 is 5.97 Å². The number of ether oxygens (including phenoxy) is 1. The topological polar surface area (TPSA) is 49.8 Å². The Morgan fingerprint density at radius 2 is 2.11 bits per heavy atom. The molecular formula is C14H25NO3. The zero-order valence-corrected chi connectivity index (χ0v) is 11.9. The molecule has 1 aliphatic carbocycles. The Morgan fingerprint density at radius 1 is 1.50 bits per heavy atom. The second-order valence-electron chi connectivity index (χ2n) is 6.33. The summed E-state index contributed by atoms with van der Waals surface area (Å²) in [5, 5.41) is 10.9. The molecule has 2 aliphatic rings. The normalized spacial score (nSPS) is 33.7. The van der Waals surface area contributed by atoms with Gasteiger partial charge in [0.05, 0.1) is 17.6 Å². The lowest BCUT2D eigenvalue weighted by atomic mass is 9.73. The van der Waals surface area contributed by atoms with Crippen molar-refractivity contribution in [2.45, 2.75) is 64.6 Å². The number of aliphatic hydroxyl groups is 1. The van der Waals surface area contributed by atoms with Crippen molar-refractivity contribution in [2.75, 3.05) is 13.2 Å². The van der Waals surface area contributed by atoms with Crippen molar-refractivity contribution in [1.82, 2.24) is 4.90 Å². The van der Waals surface area contributed by atoms with Gasteiger partial charge in [0.25, 0.3) is 0 Å². The molecule has 1 N–H and O–H groups in total. The van der Waals surface area contributed by atoms with Crippen LogP contribution in [0.2, 0.25) is 0 Å². The van der Waals surface area contributed by atoms with Gasteiger partial charge in [-0.2, -0.15) is 0 Å². The number of rotatable bonds is 4. The van der Waals surface area contributed by atoms with Crippen molar-refractivity contribution in [3.63, 3.8) is 0 Å². The fourth-order valence-corrected chi connectivity index (χ4v) is 2.98. The largest absolute Gasteiger partial charge is 0.465 e. The lowest BCUT2D eigenvalue weighted by molar-refractivity contribution is -0.169. The molecule has 1 saturated carbocycles. The highest BCUT2D eigenvalue weighted by molar-refractivity contribution is 5.77. The highest BCUT2D eigenvalue weighted by atomic mass is 16.5. The summed E-state index contributed by atoms with van der Waals surface area (Å²) in [6.45, 7) is 8.48. The van der Waals surface area contributed by atoms with Crippen molar-refractivity contribution in [3.8, 4) is 0 Å². The summed E-state index contributed by atoms with van der Waals surface area (Å²) in [6, 6.07) is 0.961. The van der Waals surface area contributed by atoms with E-state index in [2.05, 4.69) is 11.8 Å². The van der Waals surface area contributed by atoms with Gasteiger partial charge in [0.15, 0.2) is 0 Å². The van der Waals surface area contributed by atoms with Crippen LogP contribution in [0.5, 0.6) is 0 Å².